The van der Waals surface area contributed by atoms with Gasteiger partial charge in [-0.15, -0.1) is 0 Å². The van der Waals surface area contributed by atoms with E-state index in [2.05, 4.69) is 6.07 Å². The Morgan fingerprint density at radius 1 is 1.03 bits per heavy atom. The van der Waals surface area contributed by atoms with Crippen molar-refractivity contribution < 1.29 is 18.0 Å². The largest absolute Gasteiger partial charge is 0.416 e. The maximum atomic E-state index is 13.5. The Hall–Kier alpha value is -3.57. The highest BCUT2D eigenvalue weighted by atomic mass is 19.4. The molecular formula is C25H23F3N4O. The van der Waals surface area contributed by atoms with Gasteiger partial charge in [0.25, 0.3) is 0 Å². The molecule has 0 radical (unpaired) electrons. The van der Waals surface area contributed by atoms with Gasteiger partial charge in [0, 0.05) is 31.8 Å². The number of hydrazine groups is 1. The van der Waals surface area contributed by atoms with Gasteiger partial charge in [-0.3, -0.25) is 9.80 Å². The van der Waals surface area contributed by atoms with Crippen molar-refractivity contribution in [2.45, 2.75) is 30.9 Å². The molecule has 2 atom stereocenters. The minimum Gasteiger partial charge on any atom is -0.383 e. The number of alkyl halides is 3. The smallest absolute Gasteiger partial charge is 0.383 e. The van der Waals surface area contributed by atoms with Crippen molar-refractivity contribution in [1.29, 1.82) is 5.26 Å². The van der Waals surface area contributed by atoms with Gasteiger partial charge in [-0.25, -0.2) is 5.01 Å². The summed E-state index contributed by atoms with van der Waals surface area (Å²) in [4.78, 5) is 13.5. The molecule has 2 N–H and O–H groups in total. The number of ketones is 1. The lowest BCUT2D eigenvalue weighted by atomic mass is 9.72. The second-order valence-electron chi connectivity index (χ2n) is 8.42. The van der Waals surface area contributed by atoms with Crippen molar-refractivity contribution in [3.63, 3.8) is 0 Å². The summed E-state index contributed by atoms with van der Waals surface area (Å²) in [7, 11) is 3.53. The molecule has 1 aliphatic carbocycles. The highest BCUT2D eigenvalue weighted by molar-refractivity contribution is 6.00. The first kappa shape index (κ1) is 22.6. The monoisotopic (exact) mass is 452 g/mol. The predicted molar refractivity (Wildman–Crippen MR) is 117 cm³/mol. The Kier molecular flexibility index (Phi) is 5.76. The van der Waals surface area contributed by atoms with Gasteiger partial charge in [0.15, 0.2) is 5.78 Å². The third-order valence-electron chi connectivity index (χ3n) is 6.18. The Labute approximate surface area is 190 Å². The zero-order chi connectivity index (χ0) is 23.9. The van der Waals surface area contributed by atoms with Crippen LogP contribution in [0.5, 0.6) is 0 Å². The molecule has 0 saturated carbocycles. The number of halogens is 3. The first-order valence-electron chi connectivity index (χ1n) is 10.5. The molecule has 2 aromatic carbocycles. The van der Waals surface area contributed by atoms with Crippen LogP contribution in [0.2, 0.25) is 0 Å². The first-order chi connectivity index (χ1) is 15.6. The number of hydrogen-bond acceptors (Lipinski definition) is 5. The minimum absolute atomic E-state index is 0.0652. The fourth-order valence-electron chi connectivity index (χ4n) is 4.73. The molecule has 8 heteroatoms. The van der Waals surface area contributed by atoms with Crippen molar-refractivity contribution in [3.8, 4) is 6.07 Å². The van der Waals surface area contributed by atoms with Crippen LogP contribution < -0.4 is 5.73 Å². The summed E-state index contributed by atoms with van der Waals surface area (Å²) in [5, 5.41) is 13.3. The average molecular weight is 452 g/mol. The van der Waals surface area contributed by atoms with Crippen molar-refractivity contribution >= 4 is 5.78 Å². The van der Waals surface area contributed by atoms with Gasteiger partial charge in [-0.05, 0) is 35.6 Å². The molecule has 33 heavy (non-hydrogen) atoms. The molecule has 1 heterocycles. The summed E-state index contributed by atoms with van der Waals surface area (Å²) in [6.07, 6.45) is -3.71. The van der Waals surface area contributed by atoms with Crippen LogP contribution in [0.15, 0.2) is 77.3 Å². The van der Waals surface area contributed by atoms with Crippen LogP contribution in [0, 0.1) is 11.3 Å². The SMILES string of the molecule is CN(C)N1C(N)=C(C#N)C(c2ccc(C(F)(F)F)cc2)C2=C1CC(c1ccccc1)CC2=O. The third-order valence-corrected chi connectivity index (χ3v) is 6.18. The van der Waals surface area contributed by atoms with Crippen LogP contribution in [0.4, 0.5) is 13.2 Å². The number of nitrogens with zero attached hydrogens (tertiary/aromatic N) is 3. The molecule has 0 bridgehead atoms. The number of benzene rings is 2. The van der Waals surface area contributed by atoms with Crippen LogP contribution >= 0.6 is 0 Å². The molecule has 2 unspecified atom stereocenters. The predicted octanol–water partition coefficient (Wildman–Crippen LogP) is 4.68. The Morgan fingerprint density at radius 2 is 1.67 bits per heavy atom. The molecule has 2 aliphatic rings. The minimum atomic E-state index is -4.48. The van der Waals surface area contributed by atoms with Crippen molar-refractivity contribution in [2.75, 3.05) is 14.1 Å². The van der Waals surface area contributed by atoms with E-state index in [4.69, 9.17) is 5.73 Å². The summed E-state index contributed by atoms with van der Waals surface area (Å²) >= 11 is 0. The molecule has 0 fully saturated rings. The number of hydrogen-bond donors (Lipinski definition) is 1. The number of nitrogens with two attached hydrogens (primary N) is 1. The van der Waals surface area contributed by atoms with Crippen LogP contribution in [-0.4, -0.2) is 29.9 Å². The number of carbonyl (C=O) groups excluding carboxylic acids is 1. The van der Waals surface area contributed by atoms with Gasteiger partial charge in [-0.2, -0.15) is 18.4 Å². The van der Waals surface area contributed by atoms with Crippen LogP contribution in [0.25, 0.3) is 0 Å². The molecule has 170 valence electrons. The van der Waals surface area contributed by atoms with E-state index in [0.717, 1.165) is 17.7 Å². The van der Waals surface area contributed by atoms with E-state index in [-0.39, 0.29) is 29.5 Å². The van der Waals surface area contributed by atoms with E-state index in [9.17, 15) is 23.2 Å². The molecule has 0 saturated heterocycles. The molecular weight excluding hydrogens is 429 g/mol. The van der Waals surface area contributed by atoms with Crippen molar-refractivity contribution in [1.82, 2.24) is 10.0 Å². The number of Topliss-reactive ketones (excluding diaryl/α,β-unsaturated/α-hetero) is 1. The van der Waals surface area contributed by atoms with Gasteiger partial charge in [0.2, 0.25) is 0 Å². The van der Waals surface area contributed by atoms with Crippen LogP contribution in [0.1, 0.15) is 41.4 Å². The van der Waals surface area contributed by atoms with E-state index in [1.165, 1.54) is 12.1 Å². The number of carbonyl (C=O) groups is 1. The maximum absolute atomic E-state index is 13.5. The zero-order valence-electron chi connectivity index (χ0n) is 18.2. The third kappa shape index (κ3) is 4.00. The van der Waals surface area contributed by atoms with Gasteiger partial charge < -0.3 is 5.73 Å². The van der Waals surface area contributed by atoms with Crippen LogP contribution in [-0.2, 0) is 11.0 Å². The molecule has 0 amide bonds. The fourth-order valence-corrected chi connectivity index (χ4v) is 4.73. The number of rotatable bonds is 3. The van der Waals surface area contributed by atoms with E-state index in [1.807, 2.05) is 30.3 Å². The van der Waals surface area contributed by atoms with Gasteiger partial charge in [0.1, 0.15) is 5.82 Å². The summed E-state index contributed by atoms with van der Waals surface area (Å²) in [5.74, 6) is -0.841. The lowest BCUT2D eigenvalue weighted by molar-refractivity contribution is -0.137. The quantitative estimate of drug-likeness (QED) is 0.732. The highest BCUT2D eigenvalue weighted by Crippen LogP contribution is 2.48. The molecule has 0 aromatic heterocycles. The van der Waals surface area contributed by atoms with E-state index in [0.29, 0.717) is 23.3 Å². The van der Waals surface area contributed by atoms with Crippen LogP contribution in [0.3, 0.4) is 0 Å². The maximum Gasteiger partial charge on any atom is 0.416 e. The second kappa shape index (κ2) is 8.41. The van der Waals surface area contributed by atoms with Crippen molar-refractivity contribution in [3.05, 3.63) is 94.0 Å². The molecule has 0 spiro atoms. The summed E-state index contributed by atoms with van der Waals surface area (Å²) in [6, 6.07) is 16.4. The fraction of sp³-hybridized carbons (Fsp3) is 0.280. The second-order valence-corrected chi connectivity index (χ2v) is 8.42. The van der Waals surface area contributed by atoms with E-state index in [1.54, 1.807) is 24.1 Å². The van der Waals surface area contributed by atoms with Gasteiger partial charge >= 0.3 is 6.18 Å². The zero-order valence-corrected chi connectivity index (χ0v) is 18.2. The molecule has 1 aliphatic heterocycles. The molecule has 5 nitrogen and oxygen atoms in total. The average Bonchev–Trinajstić information content (AvgIpc) is 2.78. The summed E-state index contributed by atoms with van der Waals surface area (Å²) < 4.78 is 39.3. The lowest BCUT2D eigenvalue weighted by Crippen LogP contribution is -2.46. The molecule has 2 aromatic rings. The van der Waals surface area contributed by atoms with Gasteiger partial charge in [-0.1, -0.05) is 42.5 Å². The van der Waals surface area contributed by atoms with Gasteiger partial charge in [0.05, 0.1) is 23.1 Å². The van der Waals surface area contributed by atoms with E-state index < -0.39 is 17.7 Å². The Bertz CT molecular complexity index is 1170. The van der Waals surface area contributed by atoms with Crippen molar-refractivity contribution in [2.24, 2.45) is 5.73 Å². The number of allylic oxidation sites excluding steroid dienone is 3. The Balaban J connectivity index is 1.86. The lowest BCUT2D eigenvalue weighted by Gasteiger charge is -2.43. The number of nitriles is 1. The summed E-state index contributed by atoms with van der Waals surface area (Å²) in [5.41, 5.74) is 8.32. The topological polar surface area (TPSA) is 73.4 Å². The standard InChI is InChI=1S/C25H23F3N4O/c1-31(2)32-20-12-17(15-6-4-3-5-7-15)13-21(33)23(20)22(19(14-29)24(32)30)16-8-10-18(11-9-16)25(26,27)28/h3-11,17,22H,12-13,30H2,1-2H3. The molecule has 4 rings (SSSR count). The Morgan fingerprint density at radius 3 is 2.21 bits per heavy atom. The normalized spacial score (nSPS) is 21.4. The first-order valence-corrected chi connectivity index (χ1v) is 10.5. The summed E-state index contributed by atoms with van der Waals surface area (Å²) in [6.45, 7) is 0. The highest BCUT2D eigenvalue weighted by Gasteiger charge is 2.43. The van der Waals surface area contributed by atoms with E-state index >= 15 is 0 Å².